The van der Waals surface area contributed by atoms with Crippen molar-refractivity contribution in [3.05, 3.63) is 59.7 Å². The summed E-state index contributed by atoms with van der Waals surface area (Å²) < 4.78 is 56.5. The van der Waals surface area contributed by atoms with Gasteiger partial charge in [0.05, 0.1) is 26.2 Å². The average Bonchev–Trinajstić information content (AvgIpc) is 3.43. The van der Waals surface area contributed by atoms with Crippen molar-refractivity contribution < 1.29 is 17.0 Å². The van der Waals surface area contributed by atoms with E-state index in [1.54, 1.807) is 45.3 Å². The van der Waals surface area contributed by atoms with Crippen LogP contribution in [0.15, 0.2) is 51.1 Å². The molecule has 9 nitrogen and oxygen atoms in total. The number of halogens is 1. The maximum Gasteiger partial charge on any atom is 0.271 e. The molecule has 0 amide bonds. The van der Waals surface area contributed by atoms with E-state index in [4.69, 9.17) is 5.41 Å². The standard InChI is InChI=1S/C25H29FN6O3S3/c1-16(2)37(33)20-5-6-21(36-20)38(34,35)30-19-14-18(26)13-17(3)22(19)23(27)32-12-11-31(15-25(32)7-8-25)24-28-9-4-10-29-24/h4-6,9-10,13-14,16,27,30H,7-8,11-12,15H2,1-3H3. The summed E-state index contributed by atoms with van der Waals surface area (Å²) in [6, 6.07) is 7.14. The predicted molar refractivity (Wildman–Crippen MR) is 148 cm³/mol. The van der Waals surface area contributed by atoms with Crippen LogP contribution in [-0.4, -0.2) is 63.8 Å². The molecule has 2 aliphatic rings. The normalized spacial score (nSPS) is 17.6. The molecule has 1 aromatic carbocycles. The molecular weight excluding hydrogens is 548 g/mol. The molecule has 1 atom stereocenters. The summed E-state index contributed by atoms with van der Waals surface area (Å²) in [6.07, 6.45) is 5.16. The highest BCUT2D eigenvalue weighted by molar-refractivity contribution is 7.95. The first-order chi connectivity index (χ1) is 18.0. The number of hydrogen-bond acceptors (Lipinski definition) is 8. The van der Waals surface area contributed by atoms with Crippen LogP contribution in [-0.2, 0) is 20.8 Å². The van der Waals surface area contributed by atoms with E-state index in [0.717, 1.165) is 30.2 Å². The molecule has 2 fully saturated rings. The fourth-order valence-electron chi connectivity index (χ4n) is 4.78. The smallest absolute Gasteiger partial charge is 0.271 e. The highest BCUT2D eigenvalue weighted by atomic mass is 32.3. The third-order valence-electron chi connectivity index (χ3n) is 6.81. The van der Waals surface area contributed by atoms with Crippen LogP contribution in [0.25, 0.3) is 0 Å². The Hall–Kier alpha value is -2.90. The number of benzene rings is 1. The number of hydrogen-bond donors (Lipinski definition) is 2. The summed E-state index contributed by atoms with van der Waals surface area (Å²) in [5.41, 5.74) is 0.532. The fourth-order valence-corrected chi connectivity index (χ4v) is 8.88. The number of anilines is 2. The Labute approximate surface area is 228 Å². The van der Waals surface area contributed by atoms with Gasteiger partial charge in [0.2, 0.25) is 5.95 Å². The Morgan fingerprint density at radius 3 is 2.58 bits per heavy atom. The van der Waals surface area contributed by atoms with Gasteiger partial charge in [-0.05, 0) is 55.7 Å². The number of sulfonamides is 1. The van der Waals surface area contributed by atoms with Gasteiger partial charge >= 0.3 is 0 Å². The number of thiophene rings is 1. The molecule has 1 aliphatic heterocycles. The van der Waals surface area contributed by atoms with Gasteiger partial charge in [0.15, 0.2) is 0 Å². The zero-order chi connectivity index (χ0) is 27.2. The number of aryl methyl sites for hydroxylation is 1. The topological polar surface area (TPSA) is 119 Å². The van der Waals surface area contributed by atoms with E-state index in [1.807, 2.05) is 4.90 Å². The van der Waals surface area contributed by atoms with E-state index in [2.05, 4.69) is 19.6 Å². The van der Waals surface area contributed by atoms with Crippen LogP contribution in [0.5, 0.6) is 0 Å². The van der Waals surface area contributed by atoms with Crippen molar-refractivity contribution >= 4 is 49.6 Å². The Morgan fingerprint density at radius 1 is 1.21 bits per heavy atom. The third-order valence-corrected chi connectivity index (χ3v) is 11.7. The van der Waals surface area contributed by atoms with E-state index < -0.39 is 26.6 Å². The molecule has 38 heavy (non-hydrogen) atoms. The summed E-state index contributed by atoms with van der Waals surface area (Å²) in [5, 5.41) is 8.99. The Balaban J connectivity index is 1.43. The molecule has 2 aromatic heterocycles. The molecule has 0 radical (unpaired) electrons. The lowest BCUT2D eigenvalue weighted by atomic mass is 10.0. The molecule has 5 rings (SSSR count). The van der Waals surface area contributed by atoms with Crippen LogP contribution in [0.1, 0.15) is 37.8 Å². The summed E-state index contributed by atoms with van der Waals surface area (Å²) in [7, 11) is -5.43. The zero-order valence-electron chi connectivity index (χ0n) is 21.3. The van der Waals surface area contributed by atoms with Crippen molar-refractivity contribution in [1.82, 2.24) is 14.9 Å². The van der Waals surface area contributed by atoms with Gasteiger partial charge in [-0.1, -0.05) is 13.8 Å². The van der Waals surface area contributed by atoms with Crippen molar-refractivity contribution in [3.63, 3.8) is 0 Å². The Bertz CT molecular complexity index is 1510. The van der Waals surface area contributed by atoms with Crippen molar-refractivity contribution in [2.24, 2.45) is 0 Å². The second-order valence-corrected chi connectivity index (χ2v) is 15.1. The van der Waals surface area contributed by atoms with Gasteiger partial charge < -0.3 is 9.80 Å². The van der Waals surface area contributed by atoms with E-state index in [-0.39, 0.29) is 26.5 Å². The number of aromatic nitrogens is 2. The first-order valence-electron chi connectivity index (χ1n) is 12.2. The molecule has 202 valence electrons. The molecule has 1 saturated carbocycles. The van der Waals surface area contributed by atoms with Crippen molar-refractivity contribution in [3.8, 4) is 0 Å². The first kappa shape index (κ1) is 26.7. The lowest BCUT2D eigenvalue weighted by Crippen LogP contribution is -2.57. The molecule has 1 aliphatic carbocycles. The number of amidine groups is 1. The first-order valence-corrected chi connectivity index (χ1v) is 15.7. The van der Waals surface area contributed by atoms with Gasteiger partial charge in [-0.15, -0.1) is 11.3 Å². The second kappa shape index (κ2) is 10.0. The maximum atomic E-state index is 14.5. The average molecular weight is 577 g/mol. The van der Waals surface area contributed by atoms with Gasteiger partial charge in [-0.3, -0.25) is 14.3 Å². The quantitative estimate of drug-likeness (QED) is 0.323. The molecule has 1 saturated heterocycles. The minimum Gasteiger partial charge on any atom is -0.347 e. The van der Waals surface area contributed by atoms with Gasteiger partial charge in [-0.2, -0.15) is 0 Å². The lowest BCUT2D eigenvalue weighted by molar-refractivity contribution is 0.257. The number of nitrogens with zero attached hydrogens (tertiary/aromatic N) is 4. The summed E-state index contributed by atoms with van der Waals surface area (Å²) >= 11 is 0.928. The van der Waals surface area contributed by atoms with Crippen LogP contribution in [0.4, 0.5) is 16.0 Å². The van der Waals surface area contributed by atoms with Crippen molar-refractivity contribution in [1.29, 1.82) is 5.41 Å². The zero-order valence-corrected chi connectivity index (χ0v) is 23.7. The van der Waals surface area contributed by atoms with Crippen molar-refractivity contribution in [2.45, 2.75) is 52.8 Å². The molecule has 1 spiro atoms. The fraction of sp³-hybridized carbons (Fsp3) is 0.400. The number of rotatable bonds is 7. The molecule has 0 bridgehead atoms. The second-order valence-electron chi connectivity index (χ2n) is 9.87. The van der Waals surface area contributed by atoms with Crippen LogP contribution < -0.4 is 9.62 Å². The minimum absolute atomic E-state index is 0.0112. The molecular formula is C25H29FN6O3S3. The predicted octanol–water partition coefficient (Wildman–Crippen LogP) is 3.98. The summed E-state index contributed by atoms with van der Waals surface area (Å²) in [5.74, 6) is 0.195. The summed E-state index contributed by atoms with van der Waals surface area (Å²) in [6.45, 7) is 7.04. The molecule has 3 aromatic rings. The number of piperazine rings is 1. The molecule has 2 N–H and O–H groups in total. The maximum absolute atomic E-state index is 14.5. The van der Waals surface area contributed by atoms with Crippen LogP contribution in [0, 0.1) is 18.2 Å². The van der Waals surface area contributed by atoms with Gasteiger partial charge in [0.1, 0.15) is 15.9 Å². The van der Waals surface area contributed by atoms with Crippen LogP contribution in [0.2, 0.25) is 0 Å². The number of nitrogens with one attached hydrogen (secondary N) is 2. The Kier molecular flexibility index (Phi) is 7.03. The van der Waals surface area contributed by atoms with Crippen LogP contribution >= 0.6 is 11.3 Å². The van der Waals surface area contributed by atoms with E-state index in [9.17, 15) is 17.0 Å². The third kappa shape index (κ3) is 5.06. The molecule has 1 unspecified atom stereocenters. The highest BCUT2D eigenvalue weighted by Crippen LogP contribution is 2.46. The van der Waals surface area contributed by atoms with Gasteiger partial charge in [0, 0.05) is 42.8 Å². The van der Waals surface area contributed by atoms with E-state index >= 15 is 0 Å². The Morgan fingerprint density at radius 2 is 1.92 bits per heavy atom. The van der Waals surface area contributed by atoms with Crippen molar-refractivity contribution in [2.75, 3.05) is 29.3 Å². The minimum atomic E-state index is -4.10. The largest absolute Gasteiger partial charge is 0.347 e. The lowest BCUT2D eigenvalue weighted by Gasteiger charge is -2.44. The van der Waals surface area contributed by atoms with E-state index in [0.29, 0.717) is 40.9 Å². The highest BCUT2D eigenvalue weighted by Gasteiger charge is 2.53. The van der Waals surface area contributed by atoms with Gasteiger partial charge in [0.25, 0.3) is 10.0 Å². The SMILES string of the molecule is Cc1cc(F)cc(NS(=O)(=O)c2ccc(S(=O)C(C)C)s2)c1C(=N)N1CCN(c2ncccn2)CC12CC2. The molecule has 13 heteroatoms. The monoisotopic (exact) mass is 576 g/mol. The van der Waals surface area contributed by atoms with Crippen LogP contribution in [0.3, 0.4) is 0 Å². The van der Waals surface area contributed by atoms with Gasteiger partial charge in [-0.25, -0.2) is 22.8 Å². The molecule has 3 heterocycles. The van der Waals surface area contributed by atoms with E-state index in [1.165, 1.54) is 12.1 Å². The summed E-state index contributed by atoms with van der Waals surface area (Å²) in [4.78, 5) is 12.8.